The number of benzene rings is 8. The molecule has 0 fully saturated rings. The van der Waals surface area contributed by atoms with Crippen LogP contribution >= 0.6 is 11.3 Å². The van der Waals surface area contributed by atoms with Gasteiger partial charge in [-0.1, -0.05) is 127 Å². The van der Waals surface area contributed by atoms with E-state index in [9.17, 15) is 0 Å². The first-order valence-electron chi connectivity index (χ1n) is 17.4. The summed E-state index contributed by atoms with van der Waals surface area (Å²) in [7, 11) is 0. The molecule has 0 aliphatic heterocycles. The zero-order chi connectivity index (χ0) is 33.0. The molecule has 0 radical (unpaired) electrons. The molecule has 2 heteroatoms. The maximum absolute atomic E-state index is 2.46. The lowest BCUT2D eigenvalue weighted by atomic mass is 9.93. The van der Waals surface area contributed by atoms with Gasteiger partial charge < -0.3 is 4.90 Å². The molecule has 0 amide bonds. The molecule has 0 unspecified atom stereocenters. The molecule has 1 aliphatic rings. The lowest BCUT2D eigenvalue weighted by Crippen LogP contribution is -2.12. The maximum Gasteiger partial charge on any atom is 0.0536 e. The summed E-state index contributed by atoms with van der Waals surface area (Å²) in [5, 5.41) is 10.3. The smallest absolute Gasteiger partial charge is 0.0536 e. The molecule has 1 aromatic heterocycles. The molecule has 1 heterocycles. The molecular formula is C48H33NS. The van der Waals surface area contributed by atoms with E-state index < -0.39 is 0 Å². The topological polar surface area (TPSA) is 3.24 Å². The number of nitrogens with zero attached hydrogens (tertiary/aromatic N) is 1. The first kappa shape index (κ1) is 29.0. The third-order valence-corrected chi connectivity index (χ3v) is 11.4. The summed E-state index contributed by atoms with van der Waals surface area (Å²) in [6.07, 6.45) is 8.86. The van der Waals surface area contributed by atoms with E-state index in [0.717, 1.165) is 24.2 Å². The number of fused-ring (bicyclic) bond motifs is 8. The van der Waals surface area contributed by atoms with Crippen LogP contribution in [0, 0.1) is 0 Å². The molecule has 8 aromatic carbocycles. The van der Waals surface area contributed by atoms with E-state index in [1.807, 2.05) is 11.3 Å². The highest BCUT2D eigenvalue weighted by atomic mass is 32.1. The van der Waals surface area contributed by atoms with E-state index in [1.54, 1.807) is 0 Å². The van der Waals surface area contributed by atoms with Crippen LogP contribution in [0.4, 0.5) is 17.1 Å². The van der Waals surface area contributed by atoms with E-state index in [4.69, 9.17) is 0 Å². The van der Waals surface area contributed by atoms with E-state index in [2.05, 4.69) is 181 Å². The second-order valence-electron chi connectivity index (χ2n) is 13.2. The molecule has 0 saturated heterocycles. The summed E-state index contributed by atoms with van der Waals surface area (Å²) >= 11 is 1.88. The van der Waals surface area contributed by atoms with Gasteiger partial charge in [0.05, 0.1) is 5.69 Å². The fourth-order valence-corrected chi connectivity index (χ4v) is 9.07. The molecule has 50 heavy (non-hydrogen) atoms. The summed E-state index contributed by atoms with van der Waals surface area (Å²) in [6, 6.07) is 58.3. The molecule has 9 aromatic rings. The average Bonchev–Trinajstić information content (AvgIpc) is 3.58. The Morgan fingerprint density at radius 3 is 2.06 bits per heavy atom. The van der Waals surface area contributed by atoms with Gasteiger partial charge in [-0.3, -0.25) is 0 Å². The highest BCUT2D eigenvalue weighted by molar-refractivity contribution is 7.26. The van der Waals surface area contributed by atoms with Crippen LogP contribution < -0.4 is 4.90 Å². The zero-order valence-electron chi connectivity index (χ0n) is 27.5. The number of anilines is 3. The monoisotopic (exact) mass is 655 g/mol. The second kappa shape index (κ2) is 11.9. The first-order valence-corrected chi connectivity index (χ1v) is 18.2. The summed E-state index contributed by atoms with van der Waals surface area (Å²) in [5.41, 5.74) is 8.62. The summed E-state index contributed by atoms with van der Waals surface area (Å²) in [4.78, 5) is 2.46. The number of rotatable bonds is 5. The minimum atomic E-state index is 1.04. The lowest BCUT2D eigenvalue weighted by molar-refractivity contribution is 1.05. The van der Waals surface area contributed by atoms with Gasteiger partial charge in [0.2, 0.25) is 0 Å². The first-order chi connectivity index (χ1) is 24.8. The van der Waals surface area contributed by atoms with Crippen molar-refractivity contribution in [2.45, 2.75) is 12.8 Å². The van der Waals surface area contributed by atoms with Gasteiger partial charge in [0.1, 0.15) is 0 Å². The Hall–Kier alpha value is -5.96. The second-order valence-corrected chi connectivity index (χ2v) is 14.3. The summed E-state index contributed by atoms with van der Waals surface area (Å²) < 4.78 is 2.66. The molecule has 0 bridgehead atoms. The molecule has 10 rings (SSSR count). The Bertz CT molecular complexity index is 2820. The van der Waals surface area contributed by atoms with Crippen LogP contribution in [0.2, 0.25) is 0 Å². The Morgan fingerprint density at radius 1 is 0.480 bits per heavy atom. The van der Waals surface area contributed by atoms with Gasteiger partial charge in [-0.2, -0.15) is 0 Å². The van der Waals surface area contributed by atoms with Crippen LogP contribution in [0.3, 0.4) is 0 Å². The highest BCUT2D eigenvalue weighted by Crippen LogP contribution is 2.45. The van der Waals surface area contributed by atoms with Crippen LogP contribution in [-0.2, 0) is 0 Å². The van der Waals surface area contributed by atoms with E-state index in [-0.39, 0.29) is 0 Å². The Kier molecular flexibility index (Phi) is 6.89. The number of para-hydroxylation sites is 1. The van der Waals surface area contributed by atoms with Crippen LogP contribution in [0.5, 0.6) is 0 Å². The van der Waals surface area contributed by atoms with E-state index in [1.165, 1.54) is 80.4 Å². The minimum absolute atomic E-state index is 1.04. The molecule has 0 N–H and O–H groups in total. The zero-order valence-corrected chi connectivity index (χ0v) is 28.3. The normalized spacial score (nSPS) is 13.1. The van der Waals surface area contributed by atoms with Gasteiger partial charge >= 0.3 is 0 Å². The van der Waals surface area contributed by atoms with Crippen molar-refractivity contribution in [3.05, 3.63) is 182 Å². The van der Waals surface area contributed by atoms with Gasteiger partial charge in [-0.05, 0) is 110 Å². The molecule has 236 valence electrons. The van der Waals surface area contributed by atoms with Gasteiger partial charge in [-0.15, -0.1) is 11.3 Å². The minimum Gasteiger partial charge on any atom is -0.310 e. The largest absolute Gasteiger partial charge is 0.310 e. The van der Waals surface area contributed by atoms with Crippen molar-refractivity contribution in [3.63, 3.8) is 0 Å². The number of allylic oxidation sites excluding steroid dienone is 4. The van der Waals surface area contributed by atoms with Crippen LogP contribution in [0.25, 0.3) is 69.2 Å². The van der Waals surface area contributed by atoms with Gasteiger partial charge in [0, 0.05) is 37.1 Å². The molecule has 1 nitrogen and oxygen atoms in total. The molecule has 1 aliphatic carbocycles. The molecule has 0 saturated carbocycles. The van der Waals surface area contributed by atoms with E-state index >= 15 is 0 Å². The van der Waals surface area contributed by atoms with Crippen LogP contribution in [-0.4, -0.2) is 0 Å². The quantitative estimate of drug-likeness (QED) is 0.167. The predicted molar refractivity (Wildman–Crippen MR) is 218 cm³/mol. The summed E-state index contributed by atoms with van der Waals surface area (Å²) in [6.45, 7) is 0. The van der Waals surface area contributed by atoms with E-state index in [0.29, 0.717) is 0 Å². The van der Waals surface area contributed by atoms with Crippen molar-refractivity contribution < 1.29 is 0 Å². The SMILES string of the molecule is C1=CCCC(c2ccccc2N(c2ccc(-c3cc4ccccc4c4ccccc34)cc2)c2ccc3ccc4sc5ccccc5c4c3c2)=C1. The predicted octanol–water partition coefficient (Wildman–Crippen LogP) is 14.4. The number of thiophene rings is 1. The Labute approximate surface area is 295 Å². The Balaban J connectivity index is 1.18. The average molecular weight is 656 g/mol. The fraction of sp³-hybridized carbons (Fsp3) is 0.0417. The standard InChI is InChI=1S/C48H33NS/c1-2-12-32(13-3-1)39-16-8-10-20-45(39)49(37-28-24-34-25-29-47-48(44(34)31-37)42-19-9-11-21-46(42)50-47)36-26-22-33(23-27-36)43-30-35-14-4-5-15-38(35)40-17-6-7-18-41(40)43/h1-2,4-12,14-31H,3,13H2. The Morgan fingerprint density at radius 2 is 1.20 bits per heavy atom. The van der Waals surface area contributed by atoms with Crippen molar-refractivity contribution in [1.29, 1.82) is 0 Å². The van der Waals surface area contributed by atoms with Crippen molar-refractivity contribution in [2.75, 3.05) is 4.90 Å². The third-order valence-electron chi connectivity index (χ3n) is 10.3. The number of hydrogen-bond donors (Lipinski definition) is 0. The molecule has 0 atom stereocenters. The van der Waals surface area contributed by atoms with Crippen LogP contribution in [0.1, 0.15) is 18.4 Å². The van der Waals surface area contributed by atoms with Gasteiger partial charge in [0.15, 0.2) is 0 Å². The van der Waals surface area contributed by atoms with Gasteiger partial charge in [0.25, 0.3) is 0 Å². The third kappa shape index (κ3) is 4.75. The van der Waals surface area contributed by atoms with Gasteiger partial charge in [-0.25, -0.2) is 0 Å². The maximum atomic E-state index is 2.46. The van der Waals surface area contributed by atoms with Crippen molar-refractivity contribution in [1.82, 2.24) is 0 Å². The summed E-state index contributed by atoms with van der Waals surface area (Å²) in [5.74, 6) is 0. The van der Waals surface area contributed by atoms with Crippen molar-refractivity contribution >= 4 is 86.5 Å². The molecular weight excluding hydrogens is 623 g/mol. The van der Waals surface area contributed by atoms with Crippen molar-refractivity contribution in [3.8, 4) is 11.1 Å². The lowest BCUT2D eigenvalue weighted by Gasteiger charge is -2.29. The fourth-order valence-electron chi connectivity index (χ4n) is 7.95. The highest BCUT2D eigenvalue weighted by Gasteiger charge is 2.20. The molecule has 0 spiro atoms. The number of hydrogen-bond acceptors (Lipinski definition) is 2. The van der Waals surface area contributed by atoms with Crippen molar-refractivity contribution in [2.24, 2.45) is 0 Å². The van der Waals surface area contributed by atoms with Crippen LogP contribution in [0.15, 0.2) is 176 Å².